The number of ether oxygens (including phenoxy) is 1. The SMILES string of the molecule is CCOCC1C(=O)N2CCN3CCN4CCN1C2C34.O=C1CN2CCN3CCN4CCN1C2C34.O=C1CN2CCN3CCN4CCN1C4C32. The molecule has 0 aromatic carbocycles. The summed E-state index contributed by atoms with van der Waals surface area (Å²) in [5, 5.41) is 0. The third-order valence-corrected chi connectivity index (χ3v) is 13.8. The first-order valence-corrected chi connectivity index (χ1v) is 19.2. The zero-order chi connectivity index (χ0) is 33.0. The van der Waals surface area contributed by atoms with Gasteiger partial charge in [0.15, 0.2) is 0 Å². The van der Waals surface area contributed by atoms with E-state index in [0.717, 1.165) is 98.2 Å². The highest BCUT2D eigenvalue weighted by atomic mass is 16.5. The highest BCUT2D eigenvalue weighted by Crippen LogP contribution is 2.37. The van der Waals surface area contributed by atoms with Gasteiger partial charge in [-0.1, -0.05) is 0 Å². The van der Waals surface area contributed by atoms with Crippen molar-refractivity contribution in [3.63, 3.8) is 0 Å². The fraction of sp³-hybridized carbons (Fsp3) is 0.909. The van der Waals surface area contributed by atoms with Crippen molar-refractivity contribution in [3.05, 3.63) is 0 Å². The van der Waals surface area contributed by atoms with Crippen LogP contribution in [-0.4, -0.2) is 264 Å². The molecule has 0 spiro atoms. The fourth-order valence-corrected chi connectivity index (χ4v) is 11.4. The van der Waals surface area contributed by atoms with Crippen LogP contribution >= 0.6 is 0 Å². The Morgan fingerprint density at radius 3 is 1.35 bits per heavy atom. The first kappa shape index (κ1) is 31.7. The normalized spacial score (nSPS) is 40.5. The average Bonchev–Trinajstić information content (AvgIpc) is 3.96. The lowest BCUT2D eigenvalue weighted by molar-refractivity contribution is -0.151. The van der Waals surface area contributed by atoms with E-state index >= 15 is 0 Å². The molecule has 16 nitrogen and oxygen atoms in total. The van der Waals surface area contributed by atoms with E-state index in [4.69, 9.17) is 4.74 Å². The molecular weight excluding hydrogens is 628 g/mol. The molecule has 12 saturated heterocycles. The van der Waals surface area contributed by atoms with Crippen LogP contribution in [0.4, 0.5) is 0 Å². The van der Waals surface area contributed by atoms with Gasteiger partial charge in [0.05, 0.1) is 38.2 Å². The van der Waals surface area contributed by atoms with Crippen molar-refractivity contribution in [3.8, 4) is 0 Å². The first-order chi connectivity index (χ1) is 24.0. The summed E-state index contributed by atoms with van der Waals surface area (Å²) in [6.07, 6.45) is 2.42. The van der Waals surface area contributed by atoms with E-state index in [9.17, 15) is 14.4 Å². The minimum atomic E-state index is -0.0485. The van der Waals surface area contributed by atoms with Gasteiger partial charge < -0.3 is 19.4 Å². The summed E-state index contributed by atoms with van der Waals surface area (Å²) in [5.41, 5.74) is 0. The molecule has 3 amide bonds. The van der Waals surface area contributed by atoms with Crippen LogP contribution in [0.25, 0.3) is 0 Å². The number of rotatable bonds is 3. The second kappa shape index (κ2) is 12.3. The van der Waals surface area contributed by atoms with Crippen LogP contribution in [0.2, 0.25) is 0 Å². The Morgan fingerprint density at radius 1 is 0.449 bits per heavy atom. The molecule has 12 fully saturated rings. The summed E-state index contributed by atoms with van der Waals surface area (Å²) in [5.74, 6) is 0.961. The van der Waals surface area contributed by atoms with Crippen molar-refractivity contribution in [2.45, 2.75) is 50.0 Å². The molecule has 0 bridgehead atoms. The van der Waals surface area contributed by atoms with E-state index in [2.05, 4.69) is 58.8 Å². The van der Waals surface area contributed by atoms with Gasteiger partial charge in [-0.05, 0) is 6.92 Å². The Morgan fingerprint density at radius 2 is 0.816 bits per heavy atom. The Hall–Kier alpha value is -1.99. The van der Waals surface area contributed by atoms with Crippen LogP contribution in [0.5, 0.6) is 0 Å². The van der Waals surface area contributed by atoms with Crippen LogP contribution in [0.1, 0.15) is 6.92 Å². The van der Waals surface area contributed by atoms with Crippen LogP contribution < -0.4 is 0 Å². The summed E-state index contributed by atoms with van der Waals surface area (Å²) in [4.78, 5) is 65.0. The maximum Gasteiger partial charge on any atom is 0.243 e. The molecule has 12 rings (SSSR count). The Bertz CT molecular complexity index is 1330. The maximum absolute atomic E-state index is 12.6. The Balaban J connectivity index is 0.0000000945. The van der Waals surface area contributed by atoms with E-state index in [1.807, 2.05) is 6.92 Å². The van der Waals surface area contributed by atoms with Gasteiger partial charge in [-0.15, -0.1) is 0 Å². The van der Waals surface area contributed by atoms with Gasteiger partial charge in [0.2, 0.25) is 17.7 Å². The topological polar surface area (TPSA) is 99.3 Å². The lowest BCUT2D eigenvalue weighted by Gasteiger charge is -2.49. The predicted octanol–water partition coefficient (Wildman–Crippen LogP) is -4.31. The molecule has 12 heterocycles. The molecule has 49 heavy (non-hydrogen) atoms. The quantitative estimate of drug-likeness (QED) is 0.288. The predicted molar refractivity (Wildman–Crippen MR) is 177 cm³/mol. The molecule has 0 aromatic heterocycles. The summed E-state index contributed by atoms with van der Waals surface area (Å²) in [7, 11) is 0. The molecule has 7 atom stereocenters. The largest absolute Gasteiger partial charge is 0.380 e. The number of nitrogens with zero attached hydrogens (tertiary/aromatic N) is 12. The van der Waals surface area contributed by atoms with Gasteiger partial charge in [-0.3, -0.25) is 58.5 Å². The standard InChI is InChI=1S/C13H22N4O2.2C10H16N4O/c1-2-19-9-10-13(18)17-8-6-15-4-3-14-5-7-16(10)12(17)11(14)15;15-8-7-13-4-3-11-1-2-12-5-6-14(8)10(12)9(11)13;15-8-7-13-4-3-11-1-2-12-5-6-14(8)10(13)9(11)12/h10-12H,2-9H2,1H3;2*9-10H,1-7H2. The second-order valence-electron chi connectivity index (χ2n) is 15.8. The third kappa shape index (κ3) is 4.89. The van der Waals surface area contributed by atoms with Crippen molar-refractivity contribution in [2.75, 3.05) is 144 Å². The van der Waals surface area contributed by atoms with Crippen LogP contribution in [0.3, 0.4) is 0 Å². The molecule has 0 radical (unpaired) electrons. The van der Waals surface area contributed by atoms with E-state index in [-0.39, 0.29) is 18.1 Å². The summed E-state index contributed by atoms with van der Waals surface area (Å²) >= 11 is 0. The van der Waals surface area contributed by atoms with Crippen molar-refractivity contribution in [2.24, 2.45) is 0 Å². The van der Waals surface area contributed by atoms with E-state index in [1.165, 1.54) is 19.6 Å². The Kier molecular flexibility index (Phi) is 7.97. The number of carbonyl (C=O) groups is 3. The van der Waals surface area contributed by atoms with Gasteiger partial charge in [-0.25, -0.2) is 0 Å². The van der Waals surface area contributed by atoms with Gasteiger partial charge in [0.25, 0.3) is 0 Å². The number of carbonyl (C=O) groups excluding carboxylic acids is 3. The van der Waals surface area contributed by atoms with Crippen LogP contribution in [-0.2, 0) is 19.1 Å². The number of piperazine rings is 6. The van der Waals surface area contributed by atoms with Gasteiger partial charge in [-0.2, -0.15) is 0 Å². The van der Waals surface area contributed by atoms with Crippen LogP contribution in [0.15, 0.2) is 0 Å². The van der Waals surface area contributed by atoms with Gasteiger partial charge in [0, 0.05) is 124 Å². The van der Waals surface area contributed by atoms with E-state index in [0.29, 0.717) is 68.9 Å². The molecular formula is C33H54N12O4. The van der Waals surface area contributed by atoms with Crippen molar-refractivity contribution in [1.29, 1.82) is 0 Å². The zero-order valence-electron chi connectivity index (χ0n) is 29.1. The molecule has 12 aliphatic rings. The lowest BCUT2D eigenvalue weighted by Crippen LogP contribution is -2.68. The molecule has 0 saturated carbocycles. The first-order valence-electron chi connectivity index (χ1n) is 19.2. The van der Waals surface area contributed by atoms with Crippen molar-refractivity contribution >= 4 is 17.7 Å². The lowest BCUT2D eigenvalue weighted by atomic mass is 10.1. The van der Waals surface area contributed by atoms with Gasteiger partial charge >= 0.3 is 0 Å². The molecule has 0 aromatic rings. The highest BCUT2D eigenvalue weighted by Gasteiger charge is 2.58. The molecule has 7 unspecified atom stereocenters. The second-order valence-corrected chi connectivity index (χ2v) is 15.8. The zero-order valence-corrected chi connectivity index (χ0v) is 29.1. The number of hydrogen-bond donors (Lipinski definition) is 0. The summed E-state index contributed by atoms with van der Waals surface area (Å²) in [6.45, 7) is 24.0. The molecule has 0 N–H and O–H groups in total. The summed E-state index contributed by atoms with van der Waals surface area (Å²) < 4.78 is 5.54. The fourth-order valence-electron chi connectivity index (χ4n) is 11.4. The Labute approximate surface area is 289 Å². The van der Waals surface area contributed by atoms with E-state index < -0.39 is 0 Å². The van der Waals surface area contributed by atoms with Crippen LogP contribution in [0, 0.1) is 0 Å². The molecule has 16 heteroatoms. The van der Waals surface area contributed by atoms with Crippen molar-refractivity contribution in [1.82, 2.24) is 58.8 Å². The van der Waals surface area contributed by atoms with Gasteiger partial charge in [0.1, 0.15) is 24.5 Å². The number of amides is 3. The van der Waals surface area contributed by atoms with E-state index in [1.54, 1.807) is 0 Å². The maximum atomic E-state index is 12.6. The van der Waals surface area contributed by atoms with Crippen molar-refractivity contribution < 1.29 is 19.1 Å². The minimum absolute atomic E-state index is 0.0485. The monoisotopic (exact) mass is 682 g/mol. The third-order valence-electron chi connectivity index (χ3n) is 13.8. The highest BCUT2D eigenvalue weighted by molar-refractivity contribution is 5.85. The average molecular weight is 683 g/mol. The molecule has 12 aliphatic heterocycles. The summed E-state index contributed by atoms with van der Waals surface area (Å²) in [6, 6.07) is -0.0485. The number of hydrogen-bond acceptors (Lipinski definition) is 13. The molecule has 270 valence electrons. The minimum Gasteiger partial charge on any atom is -0.380 e. The molecule has 0 aliphatic carbocycles. The smallest absolute Gasteiger partial charge is 0.243 e.